The predicted octanol–water partition coefficient (Wildman–Crippen LogP) is 1.81. The molecule has 2 unspecified atom stereocenters. The fourth-order valence-corrected chi connectivity index (χ4v) is 1.55. The number of hydrogen-bond acceptors (Lipinski definition) is 2. The van der Waals surface area contributed by atoms with Crippen molar-refractivity contribution in [2.45, 2.75) is 33.4 Å². The lowest BCUT2D eigenvalue weighted by Gasteiger charge is -2.13. The Hall–Kier alpha value is -0.800. The average Bonchev–Trinajstić information content (AvgIpc) is 2.64. The SMILES string of the molecule is CC(CO)Cn1ccc(C(O)C(C)C)c1. The minimum absolute atomic E-state index is 0.195. The summed E-state index contributed by atoms with van der Waals surface area (Å²) in [6, 6.07) is 1.94. The highest BCUT2D eigenvalue weighted by Gasteiger charge is 2.13. The lowest BCUT2D eigenvalue weighted by atomic mass is 10.0. The van der Waals surface area contributed by atoms with Crippen molar-refractivity contribution in [1.82, 2.24) is 4.57 Å². The third kappa shape index (κ3) is 3.36. The Kier molecular flexibility index (Phi) is 4.36. The lowest BCUT2D eigenvalue weighted by molar-refractivity contribution is 0.127. The maximum Gasteiger partial charge on any atom is 0.0827 e. The van der Waals surface area contributed by atoms with Crippen molar-refractivity contribution in [3.63, 3.8) is 0 Å². The molecule has 0 saturated carbocycles. The van der Waals surface area contributed by atoms with E-state index in [-0.39, 0.29) is 18.4 Å². The number of aromatic nitrogens is 1. The molecular weight excluding hydrogens is 190 g/mol. The van der Waals surface area contributed by atoms with Gasteiger partial charge in [0.1, 0.15) is 0 Å². The van der Waals surface area contributed by atoms with Gasteiger partial charge in [-0.15, -0.1) is 0 Å². The summed E-state index contributed by atoms with van der Waals surface area (Å²) in [4.78, 5) is 0. The Morgan fingerprint density at radius 2 is 2.00 bits per heavy atom. The second kappa shape index (κ2) is 5.33. The largest absolute Gasteiger partial charge is 0.396 e. The zero-order valence-electron chi connectivity index (χ0n) is 9.72. The molecule has 0 saturated heterocycles. The maximum atomic E-state index is 9.84. The van der Waals surface area contributed by atoms with Crippen molar-refractivity contribution in [2.75, 3.05) is 6.61 Å². The summed E-state index contributed by atoms with van der Waals surface area (Å²) in [6.45, 7) is 6.98. The van der Waals surface area contributed by atoms with Gasteiger partial charge in [0.05, 0.1) is 6.10 Å². The summed E-state index contributed by atoms with van der Waals surface area (Å²) in [6.07, 6.45) is 3.51. The maximum absolute atomic E-state index is 9.84. The minimum atomic E-state index is -0.393. The molecule has 0 radical (unpaired) electrons. The molecule has 3 nitrogen and oxygen atoms in total. The second-order valence-corrected chi connectivity index (χ2v) is 4.62. The van der Waals surface area contributed by atoms with Crippen molar-refractivity contribution in [1.29, 1.82) is 0 Å². The normalized spacial score (nSPS) is 15.6. The van der Waals surface area contributed by atoms with Gasteiger partial charge in [0.2, 0.25) is 0 Å². The molecule has 2 N–H and O–H groups in total. The van der Waals surface area contributed by atoms with Gasteiger partial charge in [-0.05, 0) is 23.5 Å². The molecule has 1 rings (SSSR count). The molecule has 2 atom stereocenters. The highest BCUT2D eigenvalue weighted by molar-refractivity contribution is 5.14. The van der Waals surface area contributed by atoms with Crippen LogP contribution in [0.1, 0.15) is 32.4 Å². The van der Waals surface area contributed by atoms with Crippen LogP contribution in [0.2, 0.25) is 0 Å². The Morgan fingerprint density at radius 1 is 1.33 bits per heavy atom. The van der Waals surface area contributed by atoms with Gasteiger partial charge in [-0.2, -0.15) is 0 Å². The summed E-state index contributed by atoms with van der Waals surface area (Å²) in [5.74, 6) is 0.484. The molecule has 1 aromatic heterocycles. The zero-order chi connectivity index (χ0) is 11.4. The van der Waals surface area contributed by atoms with E-state index in [2.05, 4.69) is 0 Å². The standard InChI is InChI=1S/C12H21NO2/c1-9(2)12(15)11-4-5-13(7-11)6-10(3)8-14/h4-5,7,9-10,12,14-15H,6,8H2,1-3H3. The average molecular weight is 211 g/mol. The van der Waals surface area contributed by atoms with E-state index in [1.165, 1.54) is 0 Å². The van der Waals surface area contributed by atoms with Crippen LogP contribution in [-0.2, 0) is 6.54 Å². The van der Waals surface area contributed by atoms with Crippen LogP contribution in [0.5, 0.6) is 0 Å². The molecule has 0 spiro atoms. The molecule has 3 heteroatoms. The molecule has 0 aromatic carbocycles. The highest BCUT2D eigenvalue weighted by Crippen LogP contribution is 2.21. The van der Waals surface area contributed by atoms with Crippen molar-refractivity contribution < 1.29 is 10.2 Å². The van der Waals surface area contributed by atoms with Crippen LogP contribution in [0, 0.1) is 11.8 Å². The van der Waals surface area contributed by atoms with Crippen LogP contribution in [0.15, 0.2) is 18.5 Å². The molecule has 0 fully saturated rings. The quantitative estimate of drug-likeness (QED) is 0.780. The van der Waals surface area contributed by atoms with Crippen molar-refractivity contribution >= 4 is 0 Å². The van der Waals surface area contributed by atoms with Gasteiger partial charge < -0.3 is 14.8 Å². The molecular formula is C12H21NO2. The summed E-state index contributed by atoms with van der Waals surface area (Å²) >= 11 is 0. The van der Waals surface area contributed by atoms with E-state index in [1.54, 1.807) is 0 Å². The van der Waals surface area contributed by atoms with Gasteiger partial charge in [-0.25, -0.2) is 0 Å². The summed E-state index contributed by atoms with van der Waals surface area (Å²) in [5.41, 5.74) is 0.954. The second-order valence-electron chi connectivity index (χ2n) is 4.62. The first-order valence-electron chi connectivity index (χ1n) is 5.49. The van der Waals surface area contributed by atoms with E-state index < -0.39 is 6.10 Å². The van der Waals surface area contributed by atoms with Crippen LogP contribution >= 0.6 is 0 Å². The fraction of sp³-hybridized carbons (Fsp3) is 0.667. The topological polar surface area (TPSA) is 45.4 Å². The van der Waals surface area contributed by atoms with Gasteiger partial charge in [-0.1, -0.05) is 20.8 Å². The molecule has 1 aromatic rings. The lowest BCUT2D eigenvalue weighted by Crippen LogP contribution is -2.10. The van der Waals surface area contributed by atoms with Crippen LogP contribution in [-0.4, -0.2) is 21.4 Å². The fourth-order valence-electron chi connectivity index (χ4n) is 1.55. The summed E-state index contributed by atoms with van der Waals surface area (Å²) in [7, 11) is 0. The van der Waals surface area contributed by atoms with E-state index in [1.807, 2.05) is 43.8 Å². The Labute approximate surface area is 91.4 Å². The van der Waals surface area contributed by atoms with Gasteiger partial charge >= 0.3 is 0 Å². The number of hydrogen-bond donors (Lipinski definition) is 2. The van der Waals surface area contributed by atoms with E-state index in [0.29, 0.717) is 0 Å². The van der Waals surface area contributed by atoms with Crippen molar-refractivity contribution in [3.8, 4) is 0 Å². The van der Waals surface area contributed by atoms with Crippen LogP contribution in [0.4, 0.5) is 0 Å². The van der Waals surface area contributed by atoms with Gasteiger partial charge in [-0.3, -0.25) is 0 Å². The van der Waals surface area contributed by atoms with Gasteiger partial charge in [0, 0.05) is 25.5 Å². The molecule has 0 aliphatic rings. The summed E-state index contributed by atoms with van der Waals surface area (Å²) in [5, 5.41) is 18.8. The van der Waals surface area contributed by atoms with E-state index in [0.717, 1.165) is 12.1 Å². The third-order valence-electron chi connectivity index (χ3n) is 2.58. The first-order valence-corrected chi connectivity index (χ1v) is 5.49. The molecule has 0 aliphatic heterocycles. The van der Waals surface area contributed by atoms with Crippen molar-refractivity contribution in [3.05, 3.63) is 24.0 Å². The molecule has 1 heterocycles. The summed E-state index contributed by atoms with van der Waals surface area (Å²) < 4.78 is 2.02. The predicted molar refractivity (Wildman–Crippen MR) is 60.5 cm³/mol. The van der Waals surface area contributed by atoms with Crippen LogP contribution in [0.25, 0.3) is 0 Å². The Balaban J connectivity index is 2.63. The monoisotopic (exact) mass is 211 g/mol. The Morgan fingerprint density at radius 3 is 2.53 bits per heavy atom. The smallest absolute Gasteiger partial charge is 0.0827 e. The number of rotatable bonds is 5. The Bertz CT molecular complexity index is 294. The van der Waals surface area contributed by atoms with Gasteiger partial charge in [0.25, 0.3) is 0 Å². The van der Waals surface area contributed by atoms with Crippen LogP contribution in [0.3, 0.4) is 0 Å². The van der Waals surface area contributed by atoms with Crippen molar-refractivity contribution in [2.24, 2.45) is 11.8 Å². The number of aliphatic hydroxyl groups is 2. The highest BCUT2D eigenvalue weighted by atomic mass is 16.3. The van der Waals surface area contributed by atoms with E-state index >= 15 is 0 Å². The van der Waals surface area contributed by atoms with E-state index in [4.69, 9.17) is 5.11 Å². The van der Waals surface area contributed by atoms with Crippen LogP contribution < -0.4 is 0 Å². The van der Waals surface area contributed by atoms with Gasteiger partial charge in [0.15, 0.2) is 0 Å². The third-order valence-corrected chi connectivity index (χ3v) is 2.58. The first-order chi connectivity index (χ1) is 7.04. The molecule has 86 valence electrons. The zero-order valence-corrected chi connectivity index (χ0v) is 9.72. The van der Waals surface area contributed by atoms with E-state index in [9.17, 15) is 5.11 Å². The molecule has 15 heavy (non-hydrogen) atoms. The number of aliphatic hydroxyl groups excluding tert-OH is 2. The number of nitrogens with zero attached hydrogens (tertiary/aromatic N) is 1. The molecule has 0 bridgehead atoms. The minimum Gasteiger partial charge on any atom is -0.396 e. The molecule has 0 aliphatic carbocycles. The first kappa shape index (κ1) is 12.3. The molecule has 0 amide bonds.